The van der Waals surface area contributed by atoms with E-state index in [4.69, 9.17) is 11.6 Å². The lowest BCUT2D eigenvalue weighted by atomic mass is 10.1. The molecule has 1 N–H and O–H groups in total. The van der Waals surface area contributed by atoms with Crippen molar-refractivity contribution in [2.24, 2.45) is 0 Å². The first-order valence-electron chi connectivity index (χ1n) is 12.4. The van der Waals surface area contributed by atoms with Crippen LogP contribution in [0.4, 0.5) is 11.4 Å². The number of rotatable bonds is 6. The van der Waals surface area contributed by atoms with Gasteiger partial charge in [-0.3, -0.25) is 24.4 Å². The van der Waals surface area contributed by atoms with Gasteiger partial charge in [-0.2, -0.15) is 5.10 Å². The molecule has 1 aromatic heterocycles. The molecular formula is C30H27Cl2N5O3. The van der Waals surface area contributed by atoms with Crippen molar-refractivity contribution in [1.82, 2.24) is 15.1 Å². The van der Waals surface area contributed by atoms with Crippen molar-refractivity contribution < 1.29 is 14.4 Å². The van der Waals surface area contributed by atoms with Gasteiger partial charge in [0, 0.05) is 40.2 Å². The van der Waals surface area contributed by atoms with Crippen LogP contribution in [0.25, 0.3) is 17.0 Å². The topological polar surface area (TPSA) is 89.6 Å². The first kappa shape index (κ1) is 28.6. The van der Waals surface area contributed by atoms with Gasteiger partial charge in [-0.05, 0) is 62.4 Å². The highest BCUT2D eigenvalue weighted by atomic mass is 35.5. The highest BCUT2D eigenvalue weighted by Crippen LogP contribution is 2.26. The summed E-state index contributed by atoms with van der Waals surface area (Å²) in [5.41, 5.74) is 2.37. The third-order valence-electron chi connectivity index (χ3n) is 6.35. The Hall–Kier alpha value is -4.40. The SMILES string of the molecule is CC(C)N(C(=O)CN1C=CN(c2ccccc2)C(=O)/C(=C/c2[nH]nc3ccccc23)C1=O)c1ccc(Cl)cc1.Cl. The van der Waals surface area contributed by atoms with Crippen molar-refractivity contribution in [3.8, 4) is 0 Å². The van der Waals surface area contributed by atoms with E-state index in [2.05, 4.69) is 10.2 Å². The minimum absolute atomic E-state index is 0. The summed E-state index contributed by atoms with van der Waals surface area (Å²) in [6.07, 6.45) is 4.48. The summed E-state index contributed by atoms with van der Waals surface area (Å²) in [5, 5.41) is 8.52. The number of carbonyl (C=O) groups excluding carboxylic acids is 3. The molecule has 1 aliphatic heterocycles. The fourth-order valence-electron chi connectivity index (χ4n) is 4.49. The van der Waals surface area contributed by atoms with Gasteiger partial charge in [0.05, 0.1) is 11.2 Å². The Morgan fingerprint density at radius 1 is 0.950 bits per heavy atom. The number of carbonyl (C=O) groups is 3. The van der Waals surface area contributed by atoms with Crippen molar-refractivity contribution >= 4 is 70.1 Å². The van der Waals surface area contributed by atoms with Gasteiger partial charge in [0.15, 0.2) is 0 Å². The Morgan fingerprint density at radius 3 is 2.33 bits per heavy atom. The second-order valence-electron chi connectivity index (χ2n) is 9.29. The molecule has 3 aromatic carbocycles. The molecule has 0 bridgehead atoms. The zero-order valence-corrected chi connectivity index (χ0v) is 23.4. The molecule has 204 valence electrons. The van der Waals surface area contributed by atoms with Gasteiger partial charge in [-0.15, -0.1) is 12.4 Å². The maximum atomic E-state index is 13.8. The highest BCUT2D eigenvalue weighted by Gasteiger charge is 2.33. The number of fused-ring (bicyclic) bond motifs is 1. The molecule has 0 aliphatic carbocycles. The first-order valence-corrected chi connectivity index (χ1v) is 12.8. The number of nitrogens with zero attached hydrogens (tertiary/aromatic N) is 4. The number of aromatic nitrogens is 2. The predicted octanol–water partition coefficient (Wildman–Crippen LogP) is 5.81. The van der Waals surface area contributed by atoms with Gasteiger partial charge in [0.2, 0.25) is 5.91 Å². The van der Waals surface area contributed by atoms with Crippen LogP contribution in [-0.4, -0.2) is 45.4 Å². The second kappa shape index (κ2) is 12.2. The monoisotopic (exact) mass is 575 g/mol. The summed E-state index contributed by atoms with van der Waals surface area (Å²) in [7, 11) is 0. The molecule has 0 saturated heterocycles. The number of amides is 3. The lowest BCUT2D eigenvalue weighted by Crippen LogP contribution is -2.44. The van der Waals surface area contributed by atoms with Gasteiger partial charge >= 0.3 is 0 Å². The Bertz CT molecular complexity index is 1600. The van der Waals surface area contributed by atoms with Crippen LogP contribution < -0.4 is 9.80 Å². The number of para-hydroxylation sites is 2. The predicted molar refractivity (Wildman–Crippen MR) is 160 cm³/mol. The van der Waals surface area contributed by atoms with Crippen LogP contribution in [0.5, 0.6) is 0 Å². The van der Waals surface area contributed by atoms with Gasteiger partial charge in [0.25, 0.3) is 11.8 Å². The fourth-order valence-corrected chi connectivity index (χ4v) is 4.61. The second-order valence-corrected chi connectivity index (χ2v) is 9.72. The van der Waals surface area contributed by atoms with Gasteiger partial charge in [0.1, 0.15) is 12.1 Å². The Labute approximate surface area is 242 Å². The van der Waals surface area contributed by atoms with Crippen LogP contribution in [0.15, 0.2) is 96.8 Å². The minimum Gasteiger partial charge on any atom is -0.308 e. The zero-order chi connectivity index (χ0) is 27.5. The molecule has 0 spiro atoms. The molecule has 1 aliphatic rings. The number of hydrogen-bond acceptors (Lipinski definition) is 4. The van der Waals surface area contributed by atoms with Crippen molar-refractivity contribution in [2.45, 2.75) is 19.9 Å². The summed E-state index contributed by atoms with van der Waals surface area (Å²) < 4.78 is 0. The summed E-state index contributed by atoms with van der Waals surface area (Å²) >= 11 is 6.04. The highest BCUT2D eigenvalue weighted by molar-refractivity contribution is 6.30. The van der Waals surface area contributed by atoms with Crippen molar-refractivity contribution in [3.63, 3.8) is 0 Å². The van der Waals surface area contributed by atoms with Gasteiger partial charge < -0.3 is 9.80 Å². The van der Waals surface area contributed by atoms with Crippen LogP contribution in [0.3, 0.4) is 0 Å². The number of benzene rings is 3. The average Bonchev–Trinajstić information content (AvgIpc) is 3.30. The Balaban J connectivity index is 0.00000370. The summed E-state index contributed by atoms with van der Waals surface area (Å²) in [5.74, 6) is -1.42. The quantitative estimate of drug-likeness (QED) is 0.232. The number of halogens is 2. The van der Waals surface area contributed by atoms with E-state index in [0.717, 1.165) is 5.39 Å². The van der Waals surface area contributed by atoms with Crippen LogP contribution in [0, 0.1) is 0 Å². The van der Waals surface area contributed by atoms with Crippen LogP contribution in [0.1, 0.15) is 19.5 Å². The maximum absolute atomic E-state index is 13.8. The van der Waals surface area contributed by atoms with E-state index in [-0.39, 0.29) is 36.5 Å². The normalized spacial score (nSPS) is 14.6. The molecule has 0 saturated carbocycles. The minimum atomic E-state index is -0.596. The number of anilines is 2. The molecule has 40 heavy (non-hydrogen) atoms. The molecule has 3 amide bonds. The van der Waals surface area contributed by atoms with Crippen LogP contribution in [0.2, 0.25) is 5.02 Å². The van der Waals surface area contributed by atoms with Gasteiger partial charge in [-0.25, -0.2) is 0 Å². The van der Waals surface area contributed by atoms with E-state index in [1.807, 2.05) is 56.3 Å². The lowest BCUT2D eigenvalue weighted by molar-refractivity contribution is -0.131. The maximum Gasteiger partial charge on any atom is 0.268 e. The molecule has 10 heteroatoms. The molecule has 2 heterocycles. The number of H-pyrrole nitrogens is 1. The molecule has 0 unspecified atom stereocenters. The molecule has 0 atom stereocenters. The van der Waals surface area contributed by atoms with E-state index in [9.17, 15) is 14.4 Å². The van der Waals surface area contributed by atoms with Gasteiger partial charge in [-0.1, -0.05) is 48.0 Å². The Morgan fingerprint density at radius 2 is 1.62 bits per heavy atom. The van der Waals surface area contributed by atoms with Crippen LogP contribution >= 0.6 is 24.0 Å². The van der Waals surface area contributed by atoms with E-state index in [1.165, 1.54) is 28.3 Å². The Kier molecular flexibility index (Phi) is 8.72. The largest absolute Gasteiger partial charge is 0.308 e. The average molecular weight is 576 g/mol. The lowest BCUT2D eigenvalue weighted by Gasteiger charge is -2.29. The number of hydrogen-bond donors (Lipinski definition) is 1. The molecule has 8 nitrogen and oxygen atoms in total. The van der Waals surface area contributed by atoms with Crippen LogP contribution in [-0.2, 0) is 14.4 Å². The van der Waals surface area contributed by atoms with E-state index in [1.54, 1.807) is 41.3 Å². The molecular weight excluding hydrogens is 549 g/mol. The number of nitrogens with one attached hydrogen (secondary N) is 1. The summed E-state index contributed by atoms with van der Waals surface area (Å²) in [6.45, 7) is 3.51. The first-order chi connectivity index (χ1) is 18.8. The fraction of sp³-hybridized carbons (Fsp3) is 0.133. The van der Waals surface area contributed by atoms with E-state index < -0.39 is 11.8 Å². The van der Waals surface area contributed by atoms with Crippen molar-refractivity contribution in [3.05, 3.63) is 108 Å². The van der Waals surface area contributed by atoms with Crippen molar-refractivity contribution in [1.29, 1.82) is 0 Å². The third-order valence-corrected chi connectivity index (χ3v) is 6.60. The summed E-state index contributed by atoms with van der Waals surface area (Å²) in [4.78, 5) is 45.4. The summed E-state index contributed by atoms with van der Waals surface area (Å²) in [6, 6.07) is 23.2. The molecule has 0 radical (unpaired) electrons. The zero-order valence-electron chi connectivity index (χ0n) is 21.8. The smallest absolute Gasteiger partial charge is 0.268 e. The van der Waals surface area contributed by atoms with E-state index in [0.29, 0.717) is 27.6 Å². The molecule has 4 aromatic rings. The molecule has 0 fully saturated rings. The van der Waals surface area contributed by atoms with E-state index >= 15 is 0 Å². The molecule has 5 rings (SSSR count). The third kappa shape index (κ3) is 5.78. The number of aromatic amines is 1. The standard InChI is InChI=1S/C30H26ClN5O3.ClH/c1-20(2)36(23-14-12-21(31)13-15-23)28(37)19-34-16-17-35(22-8-4-3-5-9-22)30(39)25(29(34)38)18-27-24-10-6-7-11-26(24)32-33-27;/h3-18,20H,19H2,1-2H3,(H,32,33);1H/b25-18+;. The van der Waals surface area contributed by atoms with Crippen molar-refractivity contribution in [2.75, 3.05) is 16.3 Å².